The predicted molar refractivity (Wildman–Crippen MR) is 68.2 cm³/mol. The van der Waals surface area contributed by atoms with Crippen LogP contribution in [0.3, 0.4) is 0 Å². The first-order chi connectivity index (χ1) is 7.68. The molecule has 16 heavy (non-hydrogen) atoms. The Kier molecular flexibility index (Phi) is 3.70. The summed E-state index contributed by atoms with van der Waals surface area (Å²) in [6, 6.07) is 5.02. The predicted octanol–water partition coefficient (Wildman–Crippen LogP) is 2.94. The number of nitrogens with zero attached hydrogens (tertiary/aromatic N) is 1. The number of aromatic nitrogens is 1. The molecule has 1 aromatic heterocycles. The molecule has 2 nitrogen and oxygen atoms in total. The topological polar surface area (TPSA) is 17.0 Å². The molecule has 1 fully saturated rings. The van der Waals surface area contributed by atoms with E-state index in [1.807, 2.05) is 0 Å². The maximum absolute atomic E-state index is 3.72. The standard InChI is InChI=1S/C14H24N2/c1-11-6-4-8-14(12(11)2)15-10-13-7-5-9-16(13)3/h5,7,9,11-12,14-15H,4,6,8,10H2,1-3H3. The molecule has 0 aliphatic heterocycles. The molecule has 1 saturated carbocycles. The quantitative estimate of drug-likeness (QED) is 0.828. The summed E-state index contributed by atoms with van der Waals surface area (Å²) in [4.78, 5) is 0. The van der Waals surface area contributed by atoms with Crippen molar-refractivity contribution in [3.63, 3.8) is 0 Å². The summed E-state index contributed by atoms with van der Waals surface area (Å²) >= 11 is 0. The van der Waals surface area contributed by atoms with Gasteiger partial charge in [-0.15, -0.1) is 0 Å². The van der Waals surface area contributed by atoms with E-state index in [2.05, 4.69) is 49.1 Å². The Morgan fingerprint density at radius 1 is 1.38 bits per heavy atom. The Balaban J connectivity index is 1.88. The van der Waals surface area contributed by atoms with Gasteiger partial charge >= 0.3 is 0 Å². The molecule has 1 aliphatic carbocycles. The molecule has 0 bridgehead atoms. The molecule has 3 unspecified atom stereocenters. The first kappa shape index (κ1) is 11.7. The van der Waals surface area contributed by atoms with Gasteiger partial charge in [0.15, 0.2) is 0 Å². The molecular weight excluding hydrogens is 196 g/mol. The van der Waals surface area contributed by atoms with E-state index in [1.165, 1.54) is 25.0 Å². The highest BCUT2D eigenvalue weighted by atomic mass is 15.0. The van der Waals surface area contributed by atoms with E-state index in [-0.39, 0.29) is 0 Å². The molecular formula is C14H24N2. The minimum absolute atomic E-state index is 0.707. The second kappa shape index (κ2) is 5.05. The van der Waals surface area contributed by atoms with Gasteiger partial charge < -0.3 is 9.88 Å². The maximum Gasteiger partial charge on any atom is 0.0361 e. The lowest BCUT2D eigenvalue weighted by atomic mass is 9.78. The third-order valence-electron chi connectivity index (χ3n) is 4.30. The third kappa shape index (κ3) is 2.49. The smallest absolute Gasteiger partial charge is 0.0361 e. The molecule has 0 spiro atoms. The van der Waals surface area contributed by atoms with E-state index >= 15 is 0 Å². The number of aryl methyl sites for hydroxylation is 1. The van der Waals surface area contributed by atoms with E-state index < -0.39 is 0 Å². The van der Waals surface area contributed by atoms with Crippen molar-refractivity contribution in [3.05, 3.63) is 24.0 Å². The maximum atomic E-state index is 3.72. The van der Waals surface area contributed by atoms with E-state index in [0.717, 1.165) is 18.4 Å². The molecule has 1 aliphatic rings. The lowest BCUT2D eigenvalue weighted by Crippen LogP contribution is -2.40. The van der Waals surface area contributed by atoms with Crippen LogP contribution in [0.4, 0.5) is 0 Å². The number of nitrogens with one attached hydrogen (secondary N) is 1. The third-order valence-corrected chi connectivity index (χ3v) is 4.30. The molecule has 0 radical (unpaired) electrons. The van der Waals surface area contributed by atoms with Gasteiger partial charge in [-0.2, -0.15) is 0 Å². The Morgan fingerprint density at radius 3 is 2.88 bits per heavy atom. The molecule has 2 heteroatoms. The zero-order chi connectivity index (χ0) is 11.5. The van der Waals surface area contributed by atoms with Crippen LogP contribution in [-0.4, -0.2) is 10.6 Å². The highest BCUT2D eigenvalue weighted by Crippen LogP contribution is 2.29. The molecule has 1 aromatic rings. The van der Waals surface area contributed by atoms with Crippen molar-refractivity contribution in [3.8, 4) is 0 Å². The van der Waals surface area contributed by atoms with Crippen LogP contribution in [0.15, 0.2) is 18.3 Å². The van der Waals surface area contributed by atoms with Gasteiger partial charge in [0.1, 0.15) is 0 Å². The number of hydrogen-bond donors (Lipinski definition) is 1. The van der Waals surface area contributed by atoms with Gasteiger partial charge in [0.25, 0.3) is 0 Å². The van der Waals surface area contributed by atoms with Gasteiger partial charge in [-0.3, -0.25) is 0 Å². The monoisotopic (exact) mass is 220 g/mol. The van der Waals surface area contributed by atoms with Crippen molar-refractivity contribution < 1.29 is 0 Å². The fourth-order valence-corrected chi connectivity index (χ4v) is 2.79. The molecule has 1 heterocycles. The average Bonchev–Trinajstić information content (AvgIpc) is 2.67. The lowest BCUT2D eigenvalue weighted by Gasteiger charge is -2.34. The number of hydrogen-bond acceptors (Lipinski definition) is 1. The Morgan fingerprint density at radius 2 is 2.19 bits per heavy atom. The number of rotatable bonds is 3. The van der Waals surface area contributed by atoms with Crippen LogP contribution in [0.25, 0.3) is 0 Å². The van der Waals surface area contributed by atoms with Crippen LogP contribution in [0, 0.1) is 11.8 Å². The van der Waals surface area contributed by atoms with Crippen LogP contribution < -0.4 is 5.32 Å². The molecule has 2 rings (SSSR count). The normalized spacial score (nSPS) is 30.6. The van der Waals surface area contributed by atoms with Crippen molar-refractivity contribution in [2.45, 2.75) is 45.7 Å². The summed E-state index contributed by atoms with van der Waals surface area (Å²) in [5.41, 5.74) is 1.38. The second-order valence-electron chi connectivity index (χ2n) is 5.37. The van der Waals surface area contributed by atoms with Crippen molar-refractivity contribution in [1.82, 2.24) is 9.88 Å². The highest BCUT2D eigenvalue weighted by molar-refractivity contribution is 5.06. The lowest BCUT2D eigenvalue weighted by molar-refractivity contribution is 0.205. The Bertz CT molecular complexity index is 329. The van der Waals surface area contributed by atoms with Gasteiger partial charge in [0.05, 0.1) is 0 Å². The molecule has 1 N–H and O–H groups in total. The second-order valence-corrected chi connectivity index (χ2v) is 5.37. The van der Waals surface area contributed by atoms with Gasteiger partial charge in [0, 0.05) is 31.5 Å². The molecule has 0 amide bonds. The van der Waals surface area contributed by atoms with Crippen molar-refractivity contribution in [2.24, 2.45) is 18.9 Å². The van der Waals surface area contributed by atoms with Gasteiger partial charge in [-0.25, -0.2) is 0 Å². The first-order valence-electron chi connectivity index (χ1n) is 6.52. The summed E-state index contributed by atoms with van der Waals surface area (Å²) in [5, 5.41) is 3.72. The average molecular weight is 220 g/mol. The van der Waals surface area contributed by atoms with Crippen LogP contribution in [-0.2, 0) is 13.6 Å². The molecule has 90 valence electrons. The van der Waals surface area contributed by atoms with Crippen LogP contribution in [0.5, 0.6) is 0 Å². The summed E-state index contributed by atoms with van der Waals surface area (Å²) in [7, 11) is 2.12. The summed E-state index contributed by atoms with van der Waals surface area (Å²) in [5.74, 6) is 1.69. The van der Waals surface area contributed by atoms with E-state index in [4.69, 9.17) is 0 Å². The van der Waals surface area contributed by atoms with E-state index in [9.17, 15) is 0 Å². The van der Waals surface area contributed by atoms with Gasteiger partial charge in [-0.05, 0) is 30.4 Å². The SMILES string of the molecule is CC1CCCC(NCc2cccn2C)C1C. The Labute approximate surface area is 99.0 Å². The van der Waals surface area contributed by atoms with E-state index in [0.29, 0.717) is 6.04 Å². The summed E-state index contributed by atoms with van der Waals surface area (Å²) in [6.07, 6.45) is 6.25. The van der Waals surface area contributed by atoms with E-state index in [1.54, 1.807) is 0 Å². The van der Waals surface area contributed by atoms with Crippen LogP contribution >= 0.6 is 0 Å². The van der Waals surface area contributed by atoms with Crippen molar-refractivity contribution in [2.75, 3.05) is 0 Å². The summed E-state index contributed by atoms with van der Waals surface area (Å²) < 4.78 is 2.20. The highest BCUT2D eigenvalue weighted by Gasteiger charge is 2.26. The molecule has 0 saturated heterocycles. The fraction of sp³-hybridized carbons (Fsp3) is 0.714. The molecule has 0 aromatic carbocycles. The minimum atomic E-state index is 0.707. The zero-order valence-corrected chi connectivity index (χ0v) is 10.7. The first-order valence-corrected chi connectivity index (χ1v) is 6.52. The summed E-state index contributed by atoms with van der Waals surface area (Å²) in [6.45, 7) is 5.79. The zero-order valence-electron chi connectivity index (χ0n) is 10.7. The van der Waals surface area contributed by atoms with Gasteiger partial charge in [0.2, 0.25) is 0 Å². The fourth-order valence-electron chi connectivity index (χ4n) is 2.79. The van der Waals surface area contributed by atoms with Crippen LogP contribution in [0.2, 0.25) is 0 Å². The van der Waals surface area contributed by atoms with Gasteiger partial charge in [-0.1, -0.05) is 26.7 Å². The van der Waals surface area contributed by atoms with Crippen molar-refractivity contribution >= 4 is 0 Å². The largest absolute Gasteiger partial charge is 0.353 e. The van der Waals surface area contributed by atoms with Crippen LogP contribution in [0.1, 0.15) is 38.8 Å². The Hall–Kier alpha value is -0.760. The minimum Gasteiger partial charge on any atom is -0.353 e. The van der Waals surface area contributed by atoms with Crippen molar-refractivity contribution in [1.29, 1.82) is 0 Å². The molecule has 3 atom stereocenters.